The second kappa shape index (κ2) is 80.2. The molecule has 0 aromatic heterocycles. The molecule has 122 heavy (non-hydrogen) atoms. The number of hydrogen-bond donors (Lipinski definition) is 0. The number of rotatable bonds is 48. The van der Waals surface area contributed by atoms with E-state index in [1.54, 1.807) is 41.5 Å². The summed E-state index contributed by atoms with van der Waals surface area (Å²) in [6, 6.07) is 0. The molecule has 0 amide bonds. The molecule has 0 N–H and O–H groups in total. The van der Waals surface area contributed by atoms with Gasteiger partial charge in [0.15, 0.2) is 0 Å². The molecular weight excluding hydrogens is 1630 g/mol. The van der Waals surface area contributed by atoms with Crippen molar-refractivity contribution >= 4 is 0 Å². The fourth-order valence-corrected chi connectivity index (χ4v) is 12.1. The fourth-order valence-electron chi connectivity index (χ4n) is 12.1. The minimum absolute atomic E-state index is 0.0249. The van der Waals surface area contributed by atoms with E-state index in [-0.39, 0.29) is 75.5 Å². The molecule has 0 aromatic carbocycles. The number of halogens is 24. The lowest BCUT2D eigenvalue weighted by Crippen LogP contribution is -2.28. The maximum atomic E-state index is 12.4. The molecule has 0 aliphatic carbocycles. The Morgan fingerprint density at radius 2 is 0.377 bits per heavy atom. The first-order chi connectivity index (χ1) is 55.1. The van der Waals surface area contributed by atoms with E-state index in [0.717, 1.165) is 67.6 Å². The summed E-state index contributed by atoms with van der Waals surface area (Å²) in [4.78, 5) is 0. The van der Waals surface area contributed by atoms with Crippen LogP contribution in [-0.2, 0) is 0 Å². The van der Waals surface area contributed by atoms with E-state index in [4.69, 9.17) is 0 Å². The largest absolute Gasteiger partial charge is 0.392 e. The second-order valence-electron chi connectivity index (χ2n) is 39.9. The van der Waals surface area contributed by atoms with Crippen LogP contribution >= 0.6 is 0 Å². The minimum atomic E-state index is -4.76. The lowest BCUT2D eigenvalue weighted by atomic mass is 9.94. The summed E-state index contributed by atoms with van der Waals surface area (Å²) in [5.41, 5.74) is 0. The molecule has 0 fully saturated rings. The molecule has 0 radical (unpaired) electrons. The molecule has 0 aliphatic rings. The highest BCUT2D eigenvalue weighted by Crippen LogP contribution is 2.41. The van der Waals surface area contributed by atoms with Crippen molar-refractivity contribution in [1.29, 1.82) is 0 Å². The van der Waals surface area contributed by atoms with Gasteiger partial charge in [-0.2, -0.15) is 105 Å². The summed E-state index contributed by atoms with van der Waals surface area (Å²) in [7, 11) is 0. The van der Waals surface area contributed by atoms with Gasteiger partial charge in [0, 0.05) is 19.3 Å². The van der Waals surface area contributed by atoms with Gasteiger partial charge in [0.05, 0.1) is 30.1 Å². The van der Waals surface area contributed by atoms with Crippen molar-refractivity contribution < 1.29 is 105 Å². The van der Waals surface area contributed by atoms with Gasteiger partial charge in [-0.15, -0.1) is 0 Å². The molecule has 10 atom stereocenters. The van der Waals surface area contributed by atoms with E-state index in [9.17, 15) is 105 Å². The zero-order valence-corrected chi connectivity index (χ0v) is 83.5. The highest BCUT2D eigenvalue weighted by molar-refractivity contribution is 4.74. The summed E-state index contributed by atoms with van der Waals surface area (Å²) >= 11 is 0. The summed E-state index contributed by atoms with van der Waals surface area (Å²) in [6.07, 6.45) is -8.89. The van der Waals surface area contributed by atoms with Crippen LogP contribution < -0.4 is 0 Å². The average Bonchev–Trinajstić information content (AvgIpc) is 0.488. The third kappa shape index (κ3) is 129. The highest BCUT2D eigenvalue weighted by Gasteiger charge is 2.46. The number of alkyl halides is 24. The summed E-state index contributed by atoms with van der Waals surface area (Å²) in [5.74, 6) is 3.19. The second-order valence-corrected chi connectivity index (χ2v) is 39.9. The standard InChI is InChI=1S/C11H21F3.C11H24.3C10H19F3.C10H22.C9H14F6.2C9H17F3.C9H20/c1-9(2)6-7-10(3)5-4-8-11(12,13)14;1-5-6-7-11(4)9-8-10(2)3;1-8(2)4-5-9(3)6-7-10(11,12)13;2*1-4-5-9(10(11,12)13)7-6-8(2)3;1-5-6-10(4)8-7-9(2)3;1-6(2)3-4-7(9(13,14)15)5-8(10,11)12;1-7(2)4-5-8(3)6-9(10,11)12;1-4-8(9(10,11)12)6-5-7(2)3;1-5-9(4)7-6-8(2)3/h9-10H,4-8H2,1-3H3;10-11H,5-9H2,1-4H3;3*8-9H,4-7H2,1-3H3;9-10H,5-8H2,1-4H3;6-7H,3-5H2,1-2H3;2*7-8H,4-6H2,1-3H3;8-9H,5-7H2,1-4H3. The average molecular weight is 1830 g/mol. The molecule has 0 saturated carbocycles. The summed E-state index contributed by atoms with van der Waals surface area (Å²) < 4.78 is 289. The van der Waals surface area contributed by atoms with E-state index in [1.807, 2.05) is 69.2 Å². The van der Waals surface area contributed by atoms with Gasteiger partial charge in [-0.25, -0.2) is 0 Å². The van der Waals surface area contributed by atoms with Crippen LogP contribution in [0.3, 0.4) is 0 Å². The lowest BCUT2D eigenvalue weighted by Gasteiger charge is -2.22. The van der Waals surface area contributed by atoms with Crippen molar-refractivity contribution in [2.24, 2.45) is 118 Å². The van der Waals surface area contributed by atoms with Crippen molar-refractivity contribution in [2.75, 3.05) is 0 Å². The van der Waals surface area contributed by atoms with Crippen LogP contribution in [0.2, 0.25) is 0 Å². The third-order valence-corrected chi connectivity index (χ3v) is 21.1. The van der Waals surface area contributed by atoms with Crippen LogP contribution in [0.15, 0.2) is 0 Å². The molecular formula is C98H192F24. The van der Waals surface area contributed by atoms with Gasteiger partial charge < -0.3 is 0 Å². The van der Waals surface area contributed by atoms with Gasteiger partial charge in [-0.05, 0) is 152 Å². The predicted octanol–water partition coefficient (Wildman–Crippen LogP) is 42.1. The Bertz CT molecular complexity index is 2060. The van der Waals surface area contributed by atoms with Crippen LogP contribution in [0.5, 0.6) is 0 Å². The number of unbranched alkanes of at least 4 members (excludes halogenated alkanes) is 1. The Hall–Kier alpha value is -1.68. The van der Waals surface area contributed by atoms with Crippen molar-refractivity contribution in [3.05, 3.63) is 0 Å². The van der Waals surface area contributed by atoms with Crippen molar-refractivity contribution in [3.8, 4) is 0 Å². The maximum absolute atomic E-state index is 12.4. The maximum Gasteiger partial charge on any atom is 0.392 e. The van der Waals surface area contributed by atoms with Crippen molar-refractivity contribution in [3.63, 3.8) is 0 Å². The summed E-state index contributed by atoms with van der Waals surface area (Å²) in [6.45, 7) is 66.1. The van der Waals surface area contributed by atoms with Crippen LogP contribution in [0.25, 0.3) is 0 Å². The molecule has 0 rings (SSSR count). The predicted molar refractivity (Wildman–Crippen MR) is 475 cm³/mol. The molecule has 0 aliphatic heterocycles. The smallest absolute Gasteiger partial charge is 0.171 e. The van der Waals surface area contributed by atoms with Gasteiger partial charge >= 0.3 is 49.4 Å². The first-order valence-corrected chi connectivity index (χ1v) is 47.6. The van der Waals surface area contributed by atoms with Gasteiger partial charge in [-0.3, -0.25) is 0 Å². The van der Waals surface area contributed by atoms with Gasteiger partial charge in [0.1, 0.15) is 0 Å². The molecule has 0 bridgehead atoms. The molecule has 0 spiro atoms. The van der Waals surface area contributed by atoms with Crippen LogP contribution in [0, 0.1) is 118 Å². The Morgan fingerprint density at radius 1 is 0.156 bits per heavy atom. The molecule has 752 valence electrons. The molecule has 0 saturated heterocycles. The Kier molecular flexibility index (Phi) is 92.5. The SMILES string of the molecule is CC(C)CCC(C)CC(F)(F)F.CC(C)CCC(C)CCC(F)(F)F.CC(C)CCC(C)CCCC(F)(F)F.CC(C)CCC(CC(F)(F)F)C(F)(F)F.CCC(C)CCC(C)C.CCC(CCC(C)C)C(F)(F)F.CCCC(C)CCC(C)C.CCCC(CCC(C)C)C(F)(F)F.CCCC(CCC(C)C)C(F)(F)F.CCCCC(C)CCC(C)C. The Balaban J connectivity index is -0.000000143. The highest BCUT2D eigenvalue weighted by atomic mass is 19.4. The van der Waals surface area contributed by atoms with E-state index in [0.29, 0.717) is 86.4 Å². The van der Waals surface area contributed by atoms with Crippen molar-refractivity contribution in [1.82, 2.24) is 0 Å². The molecule has 0 heterocycles. The third-order valence-electron chi connectivity index (χ3n) is 21.1. The van der Waals surface area contributed by atoms with Crippen LogP contribution in [0.4, 0.5) is 105 Å². The van der Waals surface area contributed by atoms with Crippen molar-refractivity contribution in [2.45, 2.75) is 515 Å². The number of hydrogen-bond acceptors (Lipinski definition) is 0. The molecule has 0 aromatic rings. The molecule has 10 unspecified atom stereocenters. The lowest BCUT2D eigenvalue weighted by molar-refractivity contribution is -0.220. The first kappa shape index (κ1) is 141. The summed E-state index contributed by atoms with van der Waals surface area (Å²) in [5, 5.41) is 0. The van der Waals surface area contributed by atoms with E-state index >= 15 is 0 Å². The normalized spacial score (nSPS) is 14.9. The van der Waals surface area contributed by atoms with E-state index in [2.05, 4.69) is 111 Å². The zero-order valence-electron chi connectivity index (χ0n) is 83.5. The van der Waals surface area contributed by atoms with Gasteiger partial charge in [-0.1, -0.05) is 382 Å². The fraction of sp³-hybridized carbons (Fsp3) is 1.00. The minimum Gasteiger partial charge on any atom is -0.171 e. The Labute approximate surface area is 735 Å². The van der Waals surface area contributed by atoms with Gasteiger partial charge in [0.2, 0.25) is 0 Å². The van der Waals surface area contributed by atoms with Crippen LogP contribution in [0.1, 0.15) is 466 Å². The molecule has 24 heteroatoms. The van der Waals surface area contributed by atoms with E-state index < -0.39 is 105 Å². The monoisotopic (exact) mass is 1830 g/mol. The first-order valence-electron chi connectivity index (χ1n) is 47.6. The van der Waals surface area contributed by atoms with Gasteiger partial charge in [0.25, 0.3) is 0 Å². The topological polar surface area (TPSA) is 0 Å². The zero-order chi connectivity index (χ0) is 98.4. The Morgan fingerprint density at radius 3 is 0.598 bits per heavy atom. The van der Waals surface area contributed by atoms with Crippen LogP contribution in [-0.4, -0.2) is 49.4 Å². The van der Waals surface area contributed by atoms with E-state index in [1.165, 1.54) is 77.0 Å². The quantitative estimate of drug-likeness (QED) is 0.0533. The molecule has 0 nitrogen and oxygen atoms in total.